The number of nitrogens with zero attached hydrogens (tertiary/aromatic N) is 2. The van der Waals surface area contributed by atoms with E-state index >= 15 is 4.39 Å². The Kier molecular flexibility index (Phi) is 4.67. The third kappa shape index (κ3) is 2.67. The van der Waals surface area contributed by atoms with Crippen molar-refractivity contribution in [2.24, 2.45) is 13.0 Å². The van der Waals surface area contributed by atoms with Gasteiger partial charge in [0.05, 0.1) is 0 Å². The molecule has 0 radical (unpaired) electrons. The molecule has 1 N–H and O–H groups in total. The first-order valence-electron chi connectivity index (χ1n) is 6.83. The third-order valence-corrected chi connectivity index (χ3v) is 6.12. The van der Waals surface area contributed by atoms with Crippen molar-refractivity contribution < 1.29 is 21.6 Å². The van der Waals surface area contributed by atoms with Crippen molar-refractivity contribution in [3.8, 4) is 0 Å². The van der Waals surface area contributed by atoms with Gasteiger partial charge in [0, 0.05) is 19.2 Å². The van der Waals surface area contributed by atoms with E-state index in [1.165, 1.54) is 7.05 Å². The monoisotopic (exact) mass is 337 g/mol. The van der Waals surface area contributed by atoms with Crippen LogP contribution in [0.3, 0.4) is 0 Å². The van der Waals surface area contributed by atoms with Gasteiger partial charge in [-0.2, -0.15) is 5.10 Å². The highest BCUT2D eigenvalue weighted by Gasteiger charge is 2.51. The molecule has 2 rings (SSSR count). The first kappa shape index (κ1) is 17.0. The van der Waals surface area contributed by atoms with Gasteiger partial charge in [0.2, 0.25) is 14.8 Å². The number of piperidine rings is 1. The van der Waals surface area contributed by atoms with Crippen LogP contribution in [0.4, 0.5) is 13.2 Å². The van der Waals surface area contributed by atoms with E-state index in [1.54, 1.807) is 0 Å². The van der Waals surface area contributed by atoms with Gasteiger partial charge in [0.25, 0.3) is 6.43 Å². The van der Waals surface area contributed by atoms with Gasteiger partial charge in [-0.3, -0.25) is 4.68 Å². The van der Waals surface area contributed by atoms with Crippen LogP contribution < -0.4 is 5.32 Å². The highest BCUT2D eigenvalue weighted by molar-refractivity contribution is 7.92. The molecule has 2 heterocycles. The van der Waals surface area contributed by atoms with Crippen molar-refractivity contribution in [1.82, 2.24) is 15.1 Å². The summed E-state index contributed by atoms with van der Waals surface area (Å²) < 4.78 is 67.6. The molecule has 0 unspecified atom stereocenters. The zero-order valence-corrected chi connectivity index (χ0v) is 12.9. The van der Waals surface area contributed by atoms with Crippen molar-refractivity contribution in [2.75, 3.05) is 13.1 Å². The zero-order chi connectivity index (χ0) is 16.5. The quantitative estimate of drug-likeness (QED) is 0.835. The zero-order valence-electron chi connectivity index (χ0n) is 12.1. The molecule has 0 saturated carbocycles. The first-order valence-corrected chi connectivity index (χ1v) is 8.32. The highest BCUT2D eigenvalue weighted by Crippen LogP contribution is 2.41. The van der Waals surface area contributed by atoms with Crippen LogP contribution in [0.2, 0.25) is 0 Å². The lowest BCUT2D eigenvalue weighted by molar-refractivity contribution is 0.141. The molecule has 1 aromatic heterocycles. The number of nitrogens with one attached hydrogen (secondary N) is 1. The minimum absolute atomic E-state index is 0.284. The van der Waals surface area contributed by atoms with Crippen LogP contribution in [0.5, 0.6) is 0 Å². The van der Waals surface area contributed by atoms with E-state index in [2.05, 4.69) is 17.0 Å². The number of aromatic nitrogens is 2. The van der Waals surface area contributed by atoms with Gasteiger partial charge < -0.3 is 5.32 Å². The highest BCUT2D eigenvalue weighted by atomic mass is 32.2. The molecule has 5 nitrogen and oxygen atoms in total. The summed E-state index contributed by atoms with van der Waals surface area (Å²) in [6.45, 7) is 4.23. The molecule has 1 aliphatic heterocycles. The first-order chi connectivity index (χ1) is 10.2. The average Bonchev–Trinajstić information content (AvgIpc) is 2.90. The van der Waals surface area contributed by atoms with Crippen molar-refractivity contribution in [3.05, 3.63) is 24.5 Å². The summed E-state index contributed by atoms with van der Waals surface area (Å²) in [5.41, 5.74) is -0.930. The summed E-state index contributed by atoms with van der Waals surface area (Å²) in [7, 11) is -3.37. The van der Waals surface area contributed by atoms with Crippen molar-refractivity contribution in [2.45, 2.75) is 29.2 Å². The van der Waals surface area contributed by atoms with Crippen LogP contribution >= 0.6 is 0 Å². The van der Waals surface area contributed by atoms with Gasteiger partial charge >= 0.3 is 0 Å². The van der Waals surface area contributed by atoms with Gasteiger partial charge in [-0.25, -0.2) is 21.6 Å². The van der Waals surface area contributed by atoms with Crippen LogP contribution in [0.15, 0.2) is 23.7 Å². The van der Waals surface area contributed by atoms with Gasteiger partial charge in [0.1, 0.15) is 10.6 Å². The second-order valence-corrected chi connectivity index (χ2v) is 7.35. The Hall–Kier alpha value is -1.35. The maximum absolute atomic E-state index is 15.3. The second-order valence-electron chi connectivity index (χ2n) is 5.28. The molecule has 1 atom stereocenters. The molecule has 0 amide bonds. The van der Waals surface area contributed by atoms with Crippen LogP contribution in [0, 0.1) is 5.92 Å². The second kappa shape index (κ2) is 6.04. The maximum Gasteiger partial charge on any atom is 0.283 e. The Balaban J connectivity index is 2.53. The molecule has 0 spiro atoms. The third-order valence-electron chi connectivity index (χ3n) is 3.90. The molecule has 124 valence electrons. The lowest BCUT2D eigenvalue weighted by Gasteiger charge is -2.33. The lowest BCUT2D eigenvalue weighted by atomic mass is 9.92. The van der Waals surface area contributed by atoms with Crippen molar-refractivity contribution in [1.29, 1.82) is 0 Å². The predicted molar refractivity (Wildman–Crippen MR) is 75.0 cm³/mol. The molecule has 22 heavy (non-hydrogen) atoms. The van der Waals surface area contributed by atoms with E-state index in [4.69, 9.17) is 0 Å². The molecule has 1 fully saturated rings. The number of halogens is 3. The molecule has 0 aliphatic carbocycles. The number of hydrogen-bond acceptors (Lipinski definition) is 4. The topological polar surface area (TPSA) is 64.0 Å². The summed E-state index contributed by atoms with van der Waals surface area (Å²) >= 11 is 0. The lowest BCUT2D eigenvalue weighted by Crippen LogP contribution is -2.45. The van der Waals surface area contributed by atoms with Crippen LogP contribution in [-0.4, -0.2) is 36.3 Å². The van der Waals surface area contributed by atoms with Crippen LogP contribution in [0.25, 0.3) is 0 Å². The van der Waals surface area contributed by atoms with Gasteiger partial charge in [-0.15, -0.1) is 0 Å². The fraction of sp³-hybridized carbons (Fsp3) is 0.615. The van der Waals surface area contributed by atoms with Gasteiger partial charge in [0.15, 0.2) is 0 Å². The molecule has 1 aliphatic rings. The summed E-state index contributed by atoms with van der Waals surface area (Å²) in [6, 6.07) is 0. The van der Waals surface area contributed by atoms with E-state index in [1.807, 2.05) is 0 Å². The smallest absolute Gasteiger partial charge is 0.283 e. The number of aryl methyl sites for hydroxylation is 1. The summed E-state index contributed by atoms with van der Waals surface area (Å²) in [5, 5.41) is 3.66. The largest absolute Gasteiger partial charge is 0.317 e. The Morgan fingerprint density at radius 3 is 2.59 bits per heavy atom. The number of rotatable bonds is 5. The Morgan fingerprint density at radius 1 is 1.50 bits per heavy atom. The minimum atomic E-state index is -4.68. The van der Waals surface area contributed by atoms with Crippen LogP contribution in [0.1, 0.15) is 25.0 Å². The van der Waals surface area contributed by atoms with Crippen LogP contribution in [-0.2, 0) is 16.9 Å². The molecular formula is C13H18F3N3O2S. The predicted octanol–water partition coefficient (Wildman–Crippen LogP) is 1.98. The molecule has 0 bridgehead atoms. The van der Waals surface area contributed by atoms with E-state index in [-0.39, 0.29) is 12.8 Å². The fourth-order valence-electron chi connectivity index (χ4n) is 2.72. The van der Waals surface area contributed by atoms with E-state index in [9.17, 15) is 17.2 Å². The summed E-state index contributed by atoms with van der Waals surface area (Å²) in [5.74, 6) is -0.832. The van der Waals surface area contributed by atoms with E-state index in [0.29, 0.717) is 19.2 Å². The van der Waals surface area contributed by atoms with Gasteiger partial charge in [-0.05, 0) is 32.0 Å². The molecule has 1 saturated heterocycles. The molecule has 0 aromatic carbocycles. The normalized spacial score (nSPS) is 20.0. The van der Waals surface area contributed by atoms with Crippen molar-refractivity contribution in [3.63, 3.8) is 0 Å². The standard InChI is InChI=1S/C13H18F3N3O2S/c1-3-13(16,9-4-6-17-7-5-9)22(20,21)10-8-19(2)18-11(10)12(14)15/h3,8-9,12,17H,1,4-7H2,2H3/t13-/m1/s1. The average molecular weight is 337 g/mol. The molecular weight excluding hydrogens is 319 g/mol. The SMILES string of the molecule is C=C[C@](F)(C1CCNCC1)S(=O)(=O)c1cn(C)nc1C(F)F. The molecule has 9 heteroatoms. The Morgan fingerprint density at radius 2 is 2.09 bits per heavy atom. The Bertz CT molecular complexity index is 653. The number of alkyl halides is 3. The van der Waals surface area contributed by atoms with Crippen molar-refractivity contribution >= 4 is 9.84 Å². The number of hydrogen-bond donors (Lipinski definition) is 1. The minimum Gasteiger partial charge on any atom is -0.317 e. The molecule has 1 aromatic rings. The maximum atomic E-state index is 15.3. The number of sulfone groups is 1. The summed E-state index contributed by atoms with van der Waals surface area (Å²) in [4.78, 5) is -0.772. The fourth-order valence-corrected chi connectivity index (χ4v) is 4.65. The summed E-state index contributed by atoms with van der Waals surface area (Å²) in [6.07, 6.45) is -0.915. The van der Waals surface area contributed by atoms with E-state index < -0.39 is 37.8 Å². The Labute approximate surface area is 127 Å². The van der Waals surface area contributed by atoms with Gasteiger partial charge in [-0.1, -0.05) is 6.58 Å². The van der Waals surface area contributed by atoms with E-state index in [0.717, 1.165) is 10.9 Å².